The van der Waals surface area contributed by atoms with Crippen LogP contribution in [0.2, 0.25) is 0 Å². The monoisotopic (exact) mass is 431 g/mol. The van der Waals surface area contributed by atoms with Crippen LogP contribution in [0.5, 0.6) is 5.75 Å². The lowest BCUT2D eigenvalue weighted by atomic mass is 10.0. The maximum Gasteiger partial charge on any atom is 0.282 e. The predicted octanol–water partition coefficient (Wildman–Crippen LogP) is 4.30. The van der Waals surface area contributed by atoms with Crippen molar-refractivity contribution in [1.82, 2.24) is 0 Å². The third-order valence-corrected chi connectivity index (χ3v) is 5.18. The maximum atomic E-state index is 13.8. The van der Waals surface area contributed by atoms with Gasteiger partial charge in [0.1, 0.15) is 17.3 Å². The van der Waals surface area contributed by atoms with Crippen molar-refractivity contribution in [1.29, 1.82) is 0 Å². The number of benzene rings is 3. The molecule has 1 heterocycles. The van der Waals surface area contributed by atoms with Crippen molar-refractivity contribution >= 4 is 34.4 Å². The molecule has 0 unspecified atom stereocenters. The Labute approximate surface area is 185 Å². The van der Waals surface area contributed by atoms with Gasteiger partial charge in [0.2, 0.25) is 0 Å². The molecule has 0 fully saturated rings. The Morgan fingerprint density at radius 3 is 2.19 bits per heavy atom. The lowest BCUT2D eigenvalue weighted by molar-refractivity contribution is -0.120. The predicted molar refractivity (Wildman–Crippen MR) is 123 cm³/mol. The van der Waals surface area contributed by atoms with Gasteiger partial charge < -0.3 is 15.0 Å². The molecule has 1 N–H and O–H groups in total. The van der Waals surface area contributed by atoms with E-state index in [1.807, 2.05) is 43.3 Å². The average Bonchev–Trinajstić information content (AvgIpc) is 3.03. The van der Waals surface area contributed by atoms with Gasteiger partial charge in [-0.25, -0.2) is 9.29 Å². The Hall–Kier alpha value is -4.13. The van der Waals surface area contributed by atoms with Crippen LogP contribution in [0.15, 0.2) is 78.5 Å². The number of hydrogen-bond donors (Lipinski definition) is 1. The molecule has 0 saturated heterocycles. The molecule has 162 valence electrons. The topological polar surface area (TPSA) is 61.9 Å². The van der Waals surface area contributed by atoms with Gasteiger partial charge in [-0.2, -0.15) is 0 Å². The van der Waals surface area contributed by atoms with Crippen molar-refractivity contribution in [2.45, 2.75) is 0 Å². The van der Waals surface area contributed by atoms with Gasteiger partial charge in [-0.1, -0.05) is 18.2 Å². The van der Waals surface area contributed by atoms with Gasteiger partial charge in [-0.05, 0) is 60.2 Å². The largest absolute Gasteiger partial charge is 0.497 e. The summed E-state index contributed by atoms with van der Waals surface area (Å²) < 4.78 is 19.0. The van der Waals surface area contributed by atoms with Crippen LogP contribution in [0.1, 0.15) is 5.56 Å². The van der Waals surface area contributed by atoms with Gasteiger partial charge in [0, 0.05) is 25.5 Å². The minimum atomic E-state index is -0.553. The number of rotatable bonds is 6. The first-order valence-corrected chi connectivity index (χ1v) is 9.96. The lowest BCUT2D eigenvalue weighted by Crippen LogP contribution is -2.32. The Kier molecular flexibility index (Phi) is 5.64. The van der Waals surface area contributed by atoms with Crippen LogP contribution in [-0.4, -0.2) is 33.0 Å². The van der Waals surface area contributed by atoms with E-state index in [1.54, 1.807) is 31.4 Å². The molecule has 0 saturated carbocycles. The van der Waals surface area contributed by atoms with Crippen molar-refractivity contribution in [3.63, 3.8) is 0 Å². The molecular formula is C25H22FN3O3. The first-order chi connectivity index (χ1) is 15.4. The van der Waals surface area contributed by atoms with Gasteiger partial charge >= 0.3 is 0 Å². The Morgan fingerprint density at radius 1 is 0.906 bits per heavy atom. The number of hydrogen-bond acceptors (Lipinski definition) is 5. The summed E-state index contributed by atoms with van der Waals surface area (Å²) in [4.78, 5) is 29.7. The smallest absolute Gasteiger partial charge is 0.282 e. The van der Waals surface area contributed by atoms with Gasteiger partial charge in [0.15, 0.2) is 0 Å². The standard InChI is InChI=1S/C25H22FN3O3/c1-28(2)19-11-9-18(10-12-19)27-23-22(16-7-13-21(32-3)14-8-16)24(30)29(25(23)31)20-6-4-5-17(26)15-20/h4-15,27H,1-3H3. The number of nitrogens with one attached hydrogen (secondary N) is 1. The molecule has 1 aliphatic rings. The summed E-state index contributed by atoms with van der Waals surface area (Å²) in [5.41, 5.74) is 2.70. The molecule has 1 aliphatic heterocycles. The Balaban J connectivity index is 1.78. The number of amides is 2. The molecule has 3 aromatic rings. The van der Waals surface area contributed by atoms with E-state index in [0.29, 0.717) is 17.0 Å². The fourth-order valence-electron chi connectivity index (χ4n) is 3.51. The number of ether oxygens (including phenoxy) is 1. The summed E-state index contributed by atoms with van der Waals surface area (Å²) in [6.07, 6.45) is 0. The van der Waals surface area contributed by atoms with Crippen molar-refractivity contribution < 1.29 is 18.7 Å². The molecule has 0 bridgehead atoms. The fourth-order valence-corrected chi connectivity index (χ4v) is 3.51. The molecule has 32 heavy (non-hydrogen) atoms. The van der Waals surface area contributed by atoms with E-state index in [1.165, 1.54) is 18.2 Å². The SMILES string of the molecule is COc1ccc(C2=C(Nc3ccc(N(C)C)cc3)C(=O)N(c3cccc(F)c3)C2=O)cc1. The number of imide groups is 1. The minimum Gasteiger partial charge on any atom is -0.497 e. The second kappa shape index (κ2) is 8.55. The Morgan fingerprint density at radius 2 is 1.59 bits per heavy atom. The van der Waals surface area contributed by atoms with Gasteiger partial charge in [0.05, 0.1) is 18.4 Å². The van der Waals surface area contributed by atoms with E-state index in [4.69, 9.17) is 4.74 Å². The van der Waals surface area contributed by atoms with Crippen LogP contribution in [-0.2, 0) is 9.59 Å². The van der Waals surface area contributed by atoms with Crippen molar-refractivity contribution in [2.24, 2.45) is 0 Å². The number of methoxy groups -OCH3 is 1. The molecule has 0 aliphatic carbocycles. The summed E-state index contributed by atoms with van der Waals surface area (Å²) in [6.45, 7) is 0. The van der Waals surface area contributed by atoms with Gasteiger partial charge in [0.25, 0.3) is 11.8 Å². The minimum absolute atomic E-state index is 0.127. The highest BCUT2D eigenvalue weighted by Crippen LogP contribution is 2.34. The van der Waals surface area contributed by atoms with E-state index in [-0.39, 0.29) is 17.0 Å². The summed E-state index contributed by atoms with van der Waals surface area (Å²) >= 11 is 0. The van der Waals surface area contributed by atoms with Crippen molar-refractivity contribution in [3.8, 4) is 5.75 Å². The molecule has 0 radical (unpaired) electrons. The summed E-state index contributed by atoms with van der Waals surface area (Å²) in [5.74, 6) is -0.988. The first-order valence-electron chi connectivity index (χ1n) is 9.96. The quantitative estimate of drug-likeness (QED) is 0.590. The molecule has 3 aromatic carbocycles. The van der Waals surface area contributed by atoms with Crippen LogP contribution >= 0.6 is 0 Å². The van der Waals surface area contributed by atoms with Gasteiger partial charge in [-0.3, -0.25) is 9.59 Å². The zero-order chi connectivity index (χ0) is 22.8. The molecule has 0 aromatic heterocycles. The van der Waals surface area contributed by atoms with Crippen molar-refractivity contribution in [2.75, 3.05) is 36.3 Å². The van der Waals surface area contributed by atoms with Gasteiger partial charge in [-0.15, -0.1) is 0 Å². The molecule has 0 spiro atoms. The Bertz CT molecular complexity index is 1200. The molecule has 6 nitrogen and oxygen atoms in total. The first kappa shape index (κ1) is 21.1. The van der Waals surface area contributed by atoms with Crippen LogP contribution < -0.4 is 19.9 Å². The second-order valence-corrected chi connectivity index (χ2v) is 7.47. The average molecular weight is 431 g/mol. The summed E-state index contributed by atoms with van der Waals surface area (Å²) in [7, 11) is 5.42. The highest BCUT2D eigenvalue weighted by Gasteiger charge is 2.40. The van der Waals surface area contributed by atoms with Crippen LogP contribution in [0.3, 0.4) is 0 Å². The maximum absolute atomic E-state index is 13.8. The number of carbonyl (C=O) groups is 2. The molecule has 2 amide bonds. The second-order valence-electron chi connectivity index (χ2n) is 7.47. The van der Waals surface area contributed by atoms with Crippen LogP contribution in [0, 0.1) is 5.82 Å². The van der Waals surface area contributed by atoms with Crippen LogP contribution in [0.4, 0.5) is 21.5 Å². The number of anilines is 3. The van der Waals surface area contributed by atoms with E-state index in [0.717, 1.165) is 16.7 Å². The normalized spacial score (nSPS) is 13.6. The van der Waals surface area contributed by atoms with E-state index in [2.05, 4.69) is 5.32 Å². The molecule has 7 heteroatoms. The number of carbonyl (C=O) groups excluding carboxylic acids is 2. The lowest BCUT2D eigenvalue weighted by Gasteiger charge is -2.16. The third kappa shape index (κ3) is 3.92. The number of halogens is 1. The highest BCUT2D eigenvalue weighted by atomic mass is 19.1. The third-order valence-electron chi connectivity index (χ3n) is 5.18. The summed E-state index contributed by atoms with van der Waals surface area (Å²) in [6, 6.07) is 19.7. The van der Waals surface area contributed by atoms with Crippen LogP contribution in [0.25, 0.3) is 5.57 Å². The zero-order valence-corrected chi connectivity index (χ0v) is 17.9. The van der Waals surface area contributed by atoms with E-state index < -0.39 is 17.6 Å². The molecule has 4 rings (SSSR count). The fraction of sp³-hybridized carbons (Fsp3) is 0.120. The zero-order valence-electron chi connectivity index (χ0n) is 17.9. The molecule has 0 atom stereocenters. The summed E-state index contributed by atoms with van der Waals surface area (Å²) in [5, 5.41) is 3.10. The highest BCUT2D eigenvalue weighted by molar-refractivity contribution is 6.46. The number of nitrogens with zero attached hydrogens (tertiary/aromatic N) is 2. The molecular weight excluding hydrogens is 409 g/mol. The van der Waals surface area contributed by atoms with Crippen molar-refractivity contribution in [3.05, 3.63) is 89.9 Å². The van der Waals surface area contributed by atoms with E-state index in [9.17, 15) is 14.0 Å². The van der Waals surface area contributed by atoms with E-state index >= 15 is 0 Å².